The van der Waals surface area contributed by atoms with Gasteiger partial charge in [-0.2, -0.15) is 0 Å². The minimum atomic E-state index is 0.0242. The molecule has 16 heavy (non-hydrogen) atoms. The highest BCUT2D eigenvalue weighted by molar-refractivity contribution is 5.27. The fraction of sp³-hybridized carbons (Fsp3) is 0.231. The van der Waals surface area contributed by atoms with Crippen LogP contribution in [-0.2, 0) is 6.42 Å². The van der Waals surface area contributed by atoms with Gasteiger partial charge >= 0.3 is 0 Å². The summed E-state index contributed by atoms with van der Waals surface area (Å²) in [5, 5.41) is 0. The smallest absolute Gasteiger partial charge is 0.122 e. The molecular weight excluding hydrogens is 200 g/mol. The SMILES string of the molecule is Cc1ccccc1CC(NN)c1ccco1. The summed E-state index contributed by atoms with van der Waals surface area (Å²) in [6.45, 7) is 2.10. The zero-order valence-electron chi connectivity index (χ0n) is 9.31. The van der Waals surface area contributed by atoms with E-state index in [1.807, 2.05) is 24.3 Å². The van der Waals surface area contributed by atoms with Crippen molar-refractivity contribution < 1.29 is 4.42 Å². The van der Waals surface area contributed by atoms with Crippen molar-refractivity contribution in [3.05, 3.63) is 59.5 Å². The van der Waals surface area contributed by atoms with E-state index in [1.165, 1.54) is 11.1 Å². The lowest BCUT2D eigenvalue weighted by Crippen LogP contribution is -2.29. The summed E-state index contributed by atoms with van der Waals surface area (Å²) < 4.78 is 5.36. The first kappa shape index (κ1) is 10.9. The van der Waals surface area contributed by atoms with Crippen LogP contribution in [0.25, 0.3) is 0 Å². The van der Waals surface area contributed by atoms with Crippen LogP contribution in [0.5, 0.6) is 0 Å². The molecule has 1 aromatic carbocycles. The molecular formula is C13H16N2O. The highest BCUT2D eigenvalue weighted by Gasteiger charge is 2.13. The summed E-state index contributed by atoms with van der Waals surface area (Å²) in [6, 6.07) is 12.1. The van der Waals surface area contributed by atoms with E-state index in [2.05, 4.69) is 24.5 Å². The number of hydrogen-bond acceptors (Lipinski definition) is 3. The van der Waals surface area contributed by atoms with Crippen molar-refractivity contribution in [3.63, 3.8) is 0 Å². The number of nitrogens with two attached hydrogens (primary N) is 1. The molecule has 0 spiro atoms. The number of aryl methyl sites for hydroxylation is 1. The molecule has 2 aromatic rings. The Hall–Kier alpha value is -1.58. The maximum absolute atomic E-state index is 5.55. The number of furan rings is 1. The van der Waals surface area contributed by atoms with Gasteiger partial charge in [0.15, 0.2) is 0 Å². The molecule has 0 amide bonds. The average Bonchev–Trinajstić information content (AvgIpc) is 2.81. The molecule has 3 nitrogen and oxygen atoms in total. The lowest BCUT2D eigenvalue weighted by atomic mass is 10.0. The van der Waals surface area contributed by atoms with E-state index < -0.39 is 0 Å². The summed E-state index contributed by atoms with van der Waals surface area (Å²) in [5.41, 5.74) is 5.34. The topological polar surface area (TPSA) is 51.2 Å². The number of hydrazine groups is 1. The summed E-state index contributed by atoms with van der Waals surface area (Å²) in [6.07, 6.45) is 2.49. The van der Waals surface area contributed by atoms with Gasteiger partial charge in [0, 0.05) is 0 Å². The summed E-state index contributed by atoms with van der Waals surface area (Å²) >= 11 is 0. The van der Waals surface area contributed by atoms with Crippen LogP contribution >= 0.6 is 0 Å². The Morgan fingerprint density at radius 3 is 2.69 bits per heavy atom. The molecule has 1 unspecified atom stereocenters. The molecule has 0 fully saturated rings. The molecule has 1 aromatic heterocycles. The van der Waals surface area contributed by atoms with Gasteiger partial charge < -0.3 is 4.42 Å². The molecule has 1 atom stereocenters. The Balaban J connectivity index is 2.17. The number of nitrogens with one attached hydrogen (secondary N) is 1. The minimum absolute atomic E-state index is 0.0242. The standard InChI is InChI=1S/C13H16N2O/c1-10-5-2-3-6-11(10)9-12(15-14)13-7-4-8-16-13/h2-8,12,15H,9,14H2,1H3. The highest BCUT2D eigenvalue weighted by atomic mass is 16.3. The molecule has 84 valence electrons. The van der Waals surface area contributed by atoms with Gasteiger partial charge in [-0.1, -0.05) is 24.3 Å². The highest BCUT2D eigenvalue weighted by Crippen LogP contribution is 2.19. The second-order valence-electron chi connectivity index (χ2n) is 3.87. The minimum Gasteiger partial charge on any atom is -0.468 e. The molecule has 0 aliphatic rings. The second kappa shape index (κ2) is 4.96. The van der Waals surface area contributed by atoms with Gasteiger partial charge in [-0.15, -0.1) is 0 Å². The van der Waals surface area contributed by atoms with Crippen LogP contribution in [0.15, 0.2) is 47.1 Å². The summed E-state index contributed by atoms with van der Waals surface area (Å²) in [7, 11) is 0. The first-order chi connectivity index (χ1) is 7.81. The Kier molecular flexibility index (Phi) is 3.39. The van der Waals surface area contributed by atoms with E-state index in [9.17, 15) is 0 Å². The molecule has 0 bridgehead atoms. The number of rotatable bonds is 4. The lowest BCUT2D eigenvalue weighted by Gasteiger charge is -2.14. The number of hydrogen-bond donors (Lipinski definition) is 2. The van der Waals surface area contributed by atoms with Crippen LogP contribution < -0.4 is 11.3 Å². The van der Waals surface area contributed by atoms with Gasteiger partial charge in [-0.3, -0.25) is 5.84 Å². The van der Waals surface area contributed by atoms with Crippen molar-refractivity contribution in [3.8, 4) is 0 Å². The van der Waals surface area contributed by atoms with Crippen LogP contribution in [0.2, 0.25) is 0 Å². The van der Waals surface area contributed by atoms with Crippen molar-refractivity contribution in [2.75, 3.05) is 0 Å². The van der Waals surface area contributed by atoms with Gasteiger partial charge in [0.1, 0.15) is 5.76 Å². The van der Waals surface area contributed by atoms with E-state index in [1.54, 1.807) is 6.26 Å². The van der Waals surface area contributed by atoms with Crippen LogP contribution in [0.3, 0.4) is 0 Å². The maximum Gasteiger partial charge on any atom is 0.122 e. The van der Waals surface area contributed by atoms with Crippen LogP contribution in [0.1, 0.15) is 22.9 Å². The number of benzene rings is 1. The summed E-state index contributed by atoms with van der Waals surface area (Å²) in [4.78, 5) is 0. The molecule has 0 saturated heterocycles. The molecule has 1 heterocycles. The predicted octanol–water partition coefficient (Wildman–Crippen LogP) is 2.34. The van der Waals surface area contributed by atoms with Crippen molar-refractivity contribution >= 4 is 0 Å². The van der Waals surface area contributed by atoms with E-state index in [0.717, 1.165) is 12.2 Å². The fourth-order valence-corrected chi connectivity index (χ4v) is 1.79. The van der Waals surface area contributed by atoms with Gasteiger partial charge in [-0.25, -0.2) is 5.43 Å². The Labute approximate surface area is 95.2 Å². The van der Waals surface area contributed by atoms with E-state index in [0.29, 0.717) is 0 Å². The molecule has 0 aliphatic heterocycles. The second-order valence-corrected chi connectivity index (χ2v) is 3.87. The first-order valence-electron chi connectivity index (χ1n) is 5.35. The third kappa shape index (κ3) is 2.32. The molecule has 0 saturated carbocycles. The Morgan fingerprint density at radius 2 is 2.06 bits per heavy atom. The quantitative estimate of drug-likeness (QED) is 0.609. The van der Waals surface area contributed by atoms with Crippen molar-refractivity contribution in [1.82, 2.24) is 5.43 Å². The fourth-order valence-electron chi connectivity index (χ4n) is 1.79. The Morgan fingerprint density at radius 1 is 1.25 bits per heavy atom. The zero-order valence-corrected chi connectivity index (χ0v) is 9.31. The van der Waals surface area contributed by atoms with Gasteiger partial charge in [0.25, 0.3) is 0 Å². The van der Waals surface area contributed by atoms with Crippen LogP contribution in [0, 0.1) is 6.92 Å². The van der Waals surface area contributed by atoms with Crippen molar-refractivity contribution in [2.45, 2.75) is 19.4 Å². The lowest BCUT2D eigenvalue weighted by molar-refractivity contribution is 0.415. The average molecular weight is 216 g/mol. The van der Waals surface area contributed by atoms with Gasteiger partial charge in [0.2, 0.25) is 0 Å². The van der Waals surface area contributed by atoms with Gasteiger partial charge in [-0.05, 0) is 36.6 Å². The maximum atomic E-state index is 5.55. The predicted molar refractivity (Wildman–Crippen MR) is 63.7 cm³/mol. The molecule has 2 rings (SSSR count). The normalized spacial score (nSPS) is 12.6. The molecule has 0 aliphatic carbocycles. The zero-order chi connectivity index (χ0) is 11.4. The Bertz CT molecular complexity index is 437. The third-order valence-electron chi connectivity index (χ3n) is 2.77. The molecule has 3 N–H and O–H groups in total. The van der Waals surface area contributed by atoms with E-state index in [4.69, 9.17) is 10.3 Å². The van der Waals surface area contributed by atoms with Crippen LogP contribution in [0.4, 0.5) is 0 Å². The monoisotopic (exact) mass is 216 g/mol. The van der Waals surface area contributed by atoms with Crippen molar-refractivity contribution in [2.24, 2.45) is 5.84 Å². The van der Waals surface area contributed by atoms with E-state index >= 15 is 0 Å². The summed E-state index contributed by atoms with van der Waals surface area (Å²) in [5.74, 6) is 6.42. The first-order valence-corrected chi connectivity index (χ1v) is 5.35. The van der Waals surface area contributed by atoms with E-state index in [-0.39, 0.29) is 6.04 Å². The largest absolute Gasteiger partial charge is 0.468 e. The molecule has 0 radical (unpaired) electrons. The van der Waals surface area contributed by atoms with Crippen LogP contribution in [-0.4, -0.2) is 0 Å². The molecule has 3 heteroatoms. The van der Waals surface area contributed by atoms with Gasteiger partial charge in [0.05, 0.1) is 12.3 Å². The third-order valence-corrected chi connectivity index (χ3v) is 2.77. The van der Waals surface area contributed by atoms with Crippen molar-refractivity contribution in [1.29, 1.82) is 0 Å².